The molecule has 2 heterocycles. The number of nitrogens with zero attached hydrogens (tertiary/aromatic N) is 2. The molecule has 0 bridgehead atoms. The van der Waals surface area contributed by atoms with E-state index in [4.69, 9.17) is 9.72 Å². The van der Waals surface area contributed by atoms with E-state index in [1.165, 1.54) is 98.6 Å². The standard InChI is InChI=1S/C33H44N2OS/c1-3-5-7-9-11-13-15-27-16-18-28(19-17-27)31-25-35-26-32(37-33(35)34-31)29-20-22-30(23-21-29)36-24-14-12-10-8-6-4-2/h16-23,25-26H,3-15,24H2,1-2H3. The molecule has 2 aromatic heterocycles. The number of aromatic nitrogens is 2. The van der Waals surface area contributed by atoms with Crippen molar-refractivity contribution in [2.75, 3.05) is 6.61 Å². The van der Waals surface area contributed by atoms with E-state index in [1.807, 2.05) is 0 Å². The van der Waals surface area contributed by atoms with Crippen molar-refractivity contribution in [3.8, 4) is 27.4 Å². The summed E-state index contributed by atoms with van der Waals surface area (Å²) in [4.78, 5) is 7.17. The Morgan fingerprint density at radius 1 is 0.676 bits per heavy atom. The van der Waals surface area contributed by atoms with Crippen LogP contribution >= 0.6 is 11.3 Å². The summed E-state index contributed by atoms with van der Waals surface area (Å²) >= 11 is 1.74. The molecule has 0 radical (unpaired) electrons. The van der Waals surface area contributed by atoms with Gasteiger partial charge in [-0.05, 0) is 54.7 Å². The second kappa shape index (κ2) is 15.0. The maximum Gasteiger partial charge on any atom is 0.194 e. The smallest absolute Gasteiger partial charge is 0.194 e. The molecular formula is C33H44N2OS. The van der Waals surface area contributed by atoms with Crippen molar-refractivity contribution in [1.82, 2.24) is 9.38 Å². The van der Waals surface area contributed by atoms with Crippen molar-refractivity contribution in [2.24, 2.45) is 0 Å². The highest BCUT2D eigenvalue weighted by molar-refractivity contribution is 7.20. The second-order valence-corrected chi connectivity index (χ2v) is 11.3. The zero-order valence-electron chi connectivity index (χ0n) is 22.9. The first kappa shape index (κ1) is 27.4. The lowest BCUT2D eigenvalue weighted by atomic mass is 10.0. The lowest BCUT2D eigenvalue weighted by Crippen LogP contribution is -1.97. The topological polar surface area (TPSA) is 26.5 Å². The van der Waals surface area contributed by atoms with Gasteiger partial charge in [0.05, 0.1) is 17.2 Å². The molecule has 0 saturated heterocycles. The van der Waals surface area contributed by atoms with Crippen molar-refractivity contribution in [3.05, 3.63) is 66.5 Å². The zero-order valence-corrected chi connectivity index (χ0v) is 23.7. The molecule has 0 fully saturated rings. The van der Waals surface area contributed by atoms with Crippen molar-refractivity contribution >= 4 is 16.3 Å². The van der Waals surface area contributed by atoms with E-state index in [0.29, 0.717) is 0 Å². The summed E-state index contributed by atoms with van der Waals surface area (Å²) in [6, 6.07) is 17.5. The van der Waals surface area contributed by atoms with Gasteiger partial charge in [-0.3, -0.25) is 4.40 Å². The molecule has 0 spiro atoms. The molecular weight excluding hydrogens is 472 g/mol. The van der Waals surface area contributed by atoms with Crippen LogP contribution in [0.1, 0.15) is 96.5 Å². The molecule has 0 saturated carbocycles. The average molecular weight is 517 g/mol. The fourth-order valence-corrected chi connectivity index (χ4v) is 5.78. The normalized spacial score (nSPS) is 11.4. The van der Waals surface area contributed by atoms with Gasteiger partial charge in [-0.15, -0.1) is 0 Å². The van der Waals surface area contributed by atoms with Crippen LogP contribution < -0.4 is 4.74 Å². The van der Waals surface area contributed by atoms with E-state index >= 15 is 0 Å². The summed E-state index contributed by atoms with van der Waals surface area (Å²) in [5.74, 6) is 0.959. The van der Waals surface area contributed by atoms with Crippen molar-refractivity contribution < 1.29 is 4.74 Å². The Morgan fingerprint density at radius 2 is 1.30 bits per heavy atom. The highest BCUT2D eigenvalue weighted by Crippen LogP contribution is 2.31. The highest BCUT2D eigenvalue weighted by Gasteiger charge is 2.10. The van der Waals surface area contributed by atoms with Crippen LogP contribution in [0.2, 0.25) is 0 Å². The van der Waals surface area contributed by atoms with Crippen LogP contribution in [-0.4, -0.2) is 16.0 Å². The number of fused-ring (bicyclic) bond motifs is 1. The van der Waals surface area contributed by atoms with Crippen LogP contribution in [0.25, 0.3) is 26.7 Å². The van der Waals surface area contributed by atoms with Gasteiger partial charge in [0, 0.05) is 18.0 Å². The molecule has 3 nitrogen and oxygen atoms in total. The molecule has 0 unspecified atom stereocenters. The average Bonchev–Trinajstić information content (AvgIpc) is 3.51. The third kappa shape index (κ3) is 8.46. The SMILES string of the molecule is CCCCCCCCOc1ccc(-c2cn3cc(-c4ccc(CCCCCCCC)cc4)nc3s2)cc1. The molecule has 0 atom stereocenters. The van der Waals surface area contributed by atoms with Crippen molar-refractivity contribution in [3.63, 3.8) is 0 Å². The lowest BCUT2D eigenvalue weighted by molar-refractivity contribution is 0.304. The number of unbranched alkanes of at least 4 members (excludes halogenated alkanes) is 10. The van der Waals surface area contributed by atoms with Gasteiger partial charge in [-0.1, -0.05) is 114 Å². The van der Waals surface area contributed by atoms with E-state index in [2.05, 4.69) is 79.2 Å². The molecule has 4 heteroatoms. The van der Waals surface area contributed by atoms with Crippen LogP contribution in [0.3, 0.4) is 0 Å². The maximum absolute atomic E-state index is 5.95. The van der Waals surface area contributed by atoms with Gasteiger partial charge in [0.15, 0.2) is 4.96 Å². The molecule has 0 amide bonds. The van der Waals surface area contributed by atoms with Gasteiger partial charge in [0.2, 0.25) is 0 Å². The Balaban J connectivity index is 1.26. The monoisotopic (exact) mass is 516 g/mol. The molecule has 37 heavy (non-hydrogen) atoms. The van der Waals surface area contributed by atoms with E-state index in [0.717, 1.165) is 29.4 Å². The minimum Gasteiger partial charge on any atom is -0.494 e. The number of hydrogen-bond donors (Lipinski definition) is 0. The molecule has 0 aliphatic heterocycles. The summed E-state index contributed by atoms with van der Waals surface area (Å²) in [5, 5.41) is 0. The van der Waals surface area contributed by atoms with Gasteiger partial charge < -0.3 is 4.74 Å². The summed E-state index contributed by atoms with van der Waals surface area (Å²) in [5.41, 5.74) is 4.88. The first-order valence-corrected chi connectivity index (χ1v) is 15.4. The number of thiazole rings is 1. The molecule has 0 aliphatic rings. The van der Waals surface area contributed by atoms with Gasteiger partial charge in [-0.25, -0.2) is 4.98 Å². The van der Waals surface area contributed by atoms with Crippen LogP contribution in [0.5, 0.6) is 5.75 Å². The molecule has 2 aromatic carbocycles. The van der Waals surface area contributed by atoms with E-state index in [1.54, 1.807) is 11.3 Å². The molecule has 0 aliphatic carbocycles. The molecule has 198 valence electrons. The third-order valence-electron chi connectivity index (χ3n) is 7.13. The van der Waals surface area contributed by atoms with E-state index in [-0.39, 0.29) is 0 Å². The molecule has 4 aromatic rings. The predicted molar refractivity (Wildman–Crippen MR) is 160 cm³/mol. The van der Waals surface area contributed by atoms with Crippen LogP contribution in [0.15, 0.2) is 60.9 Å². The Labute approximate surface area is 227 Å². The predicted octanol–water partition coefficient (Wildman–Crippen LogP) is 10.4. The zero-order chi connectivity index (χ0) is 25.7. The second-order valence-electron chi connectivity index (χ2n) is 10.3. The maximum atomic E-state index is 5.95. The minimum absolute atomic E-state index is 0.807. The summed E-state index contributed by atoms with van der Waals surface area (Å²) in [6.07, 6.45) is 21.3. The summed E-state index contributed by atoms with van der Waals surface area (Å²) < 4.78 is 8.10. The number of ether oxygens (including phenoxy) is 1. The van der Waals surface area contributed by atoms with Gasteiger partial charge in [0.25, 0.3) is 0 Å². The number of rotatable bonds is 17. The van der Waals surface area contributed by atoms with Crippen LogP contribution in [0, 0.1) is 0 Å². The molecule has 0 N–H and O–H groups in total. The molecule has 4 rings (SSSR count). The largest absolute Gasteiger partial charge is 0.494 e. The summed E-state index contributed by atoms with van der Waals surface area (Å²) in [6.45, 7) is 5.34. The van der Waals surface area contributed by atoms with Gasteiger partial charge >= 0.3 is 0 Å². The first-order chi connectivity index (χ1) is 18.3. The highest BCUT2D eigenvalue weighted by atomic mass is 32.1. The number of aryl methyl sites for hydroxylation is 1. The fraction of sp³-hybridized carbons (Fsp3) is 0.485. The lowest BCUT2D eigenvalue weighted by Gasteiger charge is -2.06. The van der Waals surface area contributed by atoms with Crippen LogP contribution in [-0.2, 0) is 6.42 Å². The van der Waals surface area contributed by atoms with Gasteiger partial charge in [0.1, 0.15) is 5.75 Å². The van der Waals surface area contributed by atoms with E-state index in [9.17, 15) is 0 Å². The van der Waals surface area contributed by atoms with Crippen molar-refractivity contribution in [2.45, 2.75) is 97.3 Å². The Bertz CT molecular complexity index is 1140. The fourth-order valence-electron chi connectivity index (χ4n) is 4.81. The Hall–Kier alpha value is -2.59. The summed E-state index contributed by atoms with van der Waals surface area (Å²) in [7, 11) is 0. The van der Waals surface area contributed by atoms with Crippen LogP contribution in [0.4, 0.5) is 0 Å². The quantitative estimate of drug-likeness (QED) is 0.130. The van der Waals surface area contributed by atoms with Gasteiger partial charge in [-0.2, -0.15) is 0 Å². The minimum atomic E-state index is 0.807. The third-order valence-corrected chi connectivity index (χ3v) is 8.18. The number of hydrogen-bond acceptors (Lipinski definition) is 3. The first-order valence-electron chi connectivity index (χ1n) is 14.6. The number of imidazole rings is 1. The Morgan fingerprint density at radius 3 is 1.97 bits per heavy atom. The Kier molecular flexibility index (Phi) is 11.1. The van der Waals surface area contributed by atoms with E-state index < -0.39 is 0 Å². The van der Waals surface area contributed by atoms with Crippen molar-refractivity contribution in [1.29, 1.82) is 0 Å². The number of benzene rings is 2.